The fourth-order valence-electron chi connectivity index (χ4n) is 3.53. The lowest BCUT2D eigenvalue weighted by atomic mass is 9.96. The van der Waals surface area contributed by atoms with Gasteiger partial charge in [-0.05, 0) is 51.3 Å². The second kappa shape index (κ2) is 6.43. The summed E-state index contributed by atoms with van der Waals surface area (Å²) in [6, 6.07) is 2.79. The summed E-state index contributed by atoms with van der Waals surface area (Å²) < 4.78 is 0. The summed E-state index contributed by atoms with van der Waals surface area (Å²) in [5.74, 6) is 1.04. The topological polar surface area (TPSA) is 58.0 Å². The number of anilines is 1. The first-order valence-corrected chi connectivity index (χ1v) is 8.77. The van der Waals surface area contributed by atoms with Crippen LogP contribution in [0.2, 0.25) is 0 Å². The highest BCUT2D eigenvalue weighted by atomic mass is 15.4. The molecule has 0 saturated carbocycles. The molecule has 1 fully saturated rings. The van der Waals surface area contributed by atoms with E-state index in [-0.39, 0.29) is 0 Å². The fourth-order valence-corrected chi connectivity index (χ4v) is 3.53. The summed E-state index contributed by atoms with van der Waals surface area (Å²) >= 11 is 0. The first-order valence-electron chi connectivity index (χ1n) is 8.77. The largest absolute Gasteiger partial charge is 0.352 e. The molecule has 0 N–H and O–H groups in total. The molecule has 1 saturated heterocycles. The monoisotopic (exact) mass is 324 g/mol. The van der Waals surface area contributed by atoms with Crippen LogP contribution < -0.4 is 4.90 Å². The van der Waals surface area contributed by atoms with Gasteiger partial charge < -0.3 is 4.90 Å². The Labute approximate surface area is 142 Å². The minimum Gasteiger partial charge on any atom is -0.352 e. The lowest BCUT2D eigenvalue weighted by Gasteiger charge is -2.44. The van der Waals surface area contributed by atoms with Crippen LogP contribution in [0.15, 0.2) is 18.5 Å². The Kier molecular flexibility index (Phi) is 4.14. The molecular weight excluding hydrogens is 300 g/mol. The number of rotatable bonds is 4. The van der Waals surface area contributed by atoms with Gasteiger partial charge in [-0.3, -0.25) is 14.9 Å². The first kappa shape index (κ1) is 15.4. The van der Waals surface area contributed by atoms with Crippen LogP contribution in [-0.4, -0.2) is 51.2 Å². The standard InChI is InChI=1S/C18H24N6/c1-13-8-19-9-15(20-13)10-23(2)16-11-24(12-16)18-7-14-5-3-4-6-17(14)21-22-18/h7-9,16H,3-6,10-12H2,1-2H3. The van der Waals surface area contributed by atoms with E-state index in [2.05, 4.69) is 43.1 Å². The van der Waals surface area contributed by atoms with Crippen LogP contribution in [0.4, 0.5) is 5.82 Å². The second-order valence-electron chi connectivity index (χ2n) is 7.01. The van der Waals surface area contributed by atoms with Gasteiger partial charge in [-0.2, -0.15) is 5.10 Å². The lowest BCUT2D eigenvalue weighted by molar-refractivity contribution is 0.194. The van der Waals surface area contributed by atoms with Gasteiger partial charge in [0.1, 0.15) is 0 Å². The van der Waals surface area contributed by atoms with Gasteiger partial charge in [-0.25, -0.2) is 0 Å². The Morgan fingerprint density at radius 1 is 1.17 bits per heavy atom. The number of fused-ring (bicyclic) bond motifs is 1. The molecule has 1 aliphatic carbocycles. The van der Waals surface area contributed by atoms with Crippen molar-refractivity contribution in [1.29, 1.82) is 0 Å². The Morgan fingerprint density at radius 2 is 2.00 bits per heavy atom. The smallest absolute Gasteiger partial charge is 0.151 e. The minimum atomic E-state index is 0.533. The third kappa shape index (κ3) is 3.11. The predicted octanol–water partition coefficient (Wildman–Crippen LogP) is 1.77. The van der Waals surface area contributed by atoms with Crippen molar-refractivity contribution >= 4 is 5.82 Å². The van der Waals surface area contributed by atoms with Gasteiger partial charge in [0.2, 0.25) is 0 Å². The summed E-state index contributed by atoms with van der Waals surface area (Å²) in [4.78, 5) is 13.4. The molecule has 2 aromatic heterocycles. The van der Waals surface area contributed by atoms with Crippen LogP contribution in [0.25, 0.3) is 0 Å². The highest BCUT2D eigenvalue weighted by Crippen LogP contribution is 2.26. The van der Waals surface area contributed by atoms with E-state index in [4.69, 9.17) is 0 Å². The highest BCUT2D eigenvalue weighted by molar-refractivity contribution is 5.45. The van der Waals surface area contributed by atoms with E-state index < -0.39 is 0 Å². The average molecular weight is 324 g/mol. The Balaban J connectivity index is 1.36. The van der Waals surface area contributed by atoms with Crippen LogP contribution in [-0.2, 0) is 19.4 Å². The maximum absolute atomic E-state index is 4.54. The van der Waals surface area contributed by atoms with Crippen LogP contribution in [0, 0.1) is 6.92 Å². The van der Waals surface area contributed by atoms with Crippen LogP contribution in [0.5, 0.6) is 0 Å². The summed E-state index contributed by atoms with van der Waals surface area (Å²) in [6.07, 6.45) is 8.42. The number of aromatic nitrogens is 4. The summed E-state index contributed by atoms with van der Waals surface area (Å²) in [5, 5.41) is 8.88. The molecule has 0 atom stereocenters. The lowest BCUT2D eigenvalue weighted by Crippen LogP contribution is -2.58. The Bertz CT molecular complexity index is 725. The second-order valence-corrected chi connectivity index (χ2v) is 7.01. The van der Waals surface area contributed by atoms with Crippen molar-refractivity contribution < 1.29 is 0 Å². The summed E-state index contributed by atoms with van der Waals surface area (Å²) in [5.41, 5.74) is 4.61. The summed E-state index contributed by atoms with van der Waals surface area (Å²) in [7, 11) is 2.16. The molecule has 6 heteroatoms. The third-order valence-electron chi connectivity index (χ3n) is 5.08. The van der Waals surface area contributed by atoms with E-state index in [0.717, 1.165) is 49.7 Å². The number of hydrogen-bond donors (Lipinski definition) is 0. The zero-order chi connectivity index (χ0) is 16.5. The van der Waals surface area contributed by atoms with Gasteiger partial charge in [0.05, 0.1) is 17.1 Å². The molecule has 4 rings (SSSR count). The van der Waals surface area contributed by atoms with E-state index in [1.807, 2.05) is 13.1 Å². The Morgan fingerprint density at radius 3 is 2.83 bits per heavy atom. The average Bonchev–Trinajstić information content (AvgIpc) is 2.53. The number of nitrogens with zero attached hydrogens (tertiary/aromatic N) is 6. The highest BCUT2D eigenvalue weighted by Gasteiger charge is 2.31. The molecular formula is C18H24N6. The Hall–Kier alpha value is -2.08. The molecule has 0 spiro atoms. The van der Waals surface area contributed by atoms with E-state index in [1.165, 1.54) is 24.1 Å². The van der Waals surface area contributed by atoms with E-state index in [9.17, 15) is 0 Å². The van der Waals surface area contributed by atoms with Crippen LogP contribution in [0.3, 0.4) is 0 Å². The zero-order valence-corrected chi connectivity index (χ0v) is 14.4. The van der Waals surface area contributed by atoms with E-state index >= 15 is 0 Å². The van der Waals surface area contributed by atoms with Gasteiger partial charge in [0.15, 0.2) is 5.82 Å². The third-order valence-corrected chi connectivity index (χ3v) is 5.08. The molecule has 0 aromatic carbocycles. The van der Waals surface area contributed by atoms with Crippen LogP contribution in [0.1, 0.15) is 35.5 Å². The van der Waals surface area contributed by atoms with Crippen molar-refractivity contribution in [2.24, 2.45) is 0 Å². The number of hydrogen-bond acceptors (Lipinski definition) is 6. The fraction of sp³-hybridized carbons (Fsp3) is 0.556. The van der Waals surface area contributed by atoms with E-state index in [1.54, 1.807) is 6.20 Å². The molecule has 0 unspecified atom stereocenters. The van der Waals surface area contributed by atoms with Gasteiger partial charge >= 0.3 is 0 Å². The van der Waals surface area contributed by atoms with E-state index in [0.29, 0.717) is 6.04 Å². The maximum Gasteiger partial charge on any atom is 0.151 e. The maximum atomic E-state index is 4.54. The predicted molar refractivity (Wildman–Crippen MR) is 92.9 cm³/mol. The molecule has 24 heavy (non-hydrogen) atoms. The van der Waals surface area contributed by atoms with Crippen LogP contribution >= 0.6 is 0 Å². The van der Waals surface area contributed by atoms with Crippen molar-refractivity contribution in [3.05, 3.63) is 41.1 Å². The quantitative estimate of drug-likeness (QED) is 0.854. The molecule has 1 aliphatic heterocycles. The van der Waals surface area contributed by atoms with Crippen molar-refractivity contribution in [3.8, 4) is 0 Å². The molecule has 0 amide bonds. The van der Waals surface area contributed by atoms with Gasteiger partial charge in [-0.1, -0.05) is 0 Å². The molecule has 0 radical (unpaired) electrons. The normalized spacial score (nSPS) is 17.7. The zero-order valence-electron chi connectivity index (χ0n) is 14.4. The van der Waals surface area contributed by atoms with Crippen molar-refractivity contribution in [2.45, 2.75) is 45.2 Å². The molecule has 0 bridgehead atoms. The first-order chi connectivity index (χ1) is 11.7. The van der Waals surface area contributed by atoms with Gasteiger partial charge in [-0.15, -0.1) is 5.10 Å². The van der Waals surface area contributed by atoms with Crippen molar-refractivity contribution in [1.82, 2.24) is 25.1 Å². The van der Waals surface area contributed by atoms with Crippen molar-refractivity contribution in [2.75, 3.05) is 25.0 Å². The number of aryl methyl sites for hydroxylation is 3. The molecule has 3 heterocycles. The molecule has 126 valence electrons. The molecule has 6 nitrogen and oxygen atoms in total. The molecule has 2 aliphatic rings. The molecule has 2 aromatic rings. The van der Waals surface area contributed by atoms with Gasteiger partial charge in [0.25, 0.3) is 0 Å². The van der Waals surface area contributed by atoms with Gasteiger partial charge in [0, 0.05) is 38.1 Å². The minimum absolute atomic E-state index is 0.533. The SMILES string of the molecule is Cc1cncc(CN(C)C2CN(c3cc4c(nn3)CCCC4)C2)n1. The van der Waals surface area contributed by atoms with Crippen molar-refractivity contribution in [3.63, 3.8) is 0 Å². The number of likely N-dealkylation sites (N-methyl/N-ethyl adjacent to an activating group) is 1. The summed E-state index contributed by atoms with van der Waals surface area (Å²) in [6.45, 7) is 4.83.